The average molecular weight is 421 g/mol. The summed E-state index contributed by atoms with van der Waals surface area (Å²) in [5.41, 5.74) is 0.510. The van der Waals surface area contributed by atoms with Gasteiger partial charge in [0.2, 0.25) is 5.91 Å². The fraction of sp³-hybridized carbons (Fsp3) is 0.421. The van der Waals surface area contributed by atoms with Crippen molar-refractivity contribution in [2.45, 2.75) is 36.2 Å². The molecule has 2 aromatic rings. The summed E-state index contributed by atoms with van der Waals surface area (Å²) in [7, 11) is -6.94. The summed E-state index contributed by atoms with van der Waals surface area (Å²) in [6, 6.07) is 10.1. The number of carbonyl (C=O) groups excluding carboxylic acids is 1. The minimum Gasteiger partial charge on any atom is -0.334 e. The van der Waals surface area contributed by atoms with Crippen LogP contribution >= 0.6 is 0 Å². The van der Waals surface area contributed by atoms with Crippen LogP contribution in [-0.4, -0.2) is 57.8 Å². The van der Waals surface area contributed by atoms with Crippen LogP contribution in [0.3, 0.4) is 0 Å². The molecule has 0 radical (unpaired) electrons. The molecule has 148 valence electrons. The molecule has 7 nitrogen and oxygen atoms in total. The highest BCUT2D eigenvalue weighted by Crippen LogP contribution is 2.42. The van der Waals surface area contributed by atoms with Crippen molar-refractivity contribution < 1.29 is 21.6 Å². The van der Waals surface area contributed by atoms with E-state index >= 15 is 0 Å². The number of benzene rings is 2. The molecular weight excluding hydrogens is 400 g/mol. The lowest BCUT2D eigenvalue weighted by Crippen LogP contribution is -2.48. The molecule has 1 aliphatic carbocycles. The summed E-state index contributed by atoms with van der Waals surface area (Å²) in [4.78, 5) is 15.0. The highest BCUT2D eigenvalue weighted by Gasteiger charge is 2.44. The molecule has 28 heavy (non-hydrogen) atoms. The van der Waals surface area contributed by atoms with Crippen molar-refractivity contribution in [2.75, 3.05) is 22.4 Å². The zero-order valence-electron chi connectivity index (χ0n) is 15.1. The quantitative estimate of drug-likeness (QED) is 0.748. The molecule has 0 aromatic heterocycles. The van der Waals surface area contributed by atoms with E-state index < -0.39 is 19.9 Å². The van der Waals surface area contributed by atoms with Crippen molar-refractivity contribution in [2.24, 2.45) is 0 Å². The predicted octanol–water partition coefficient (Wildman–Crippen LogP) is 1.53. The van der Waals surface area contributed by atoms with Crippen LogP contribution in [0, 0.1) is 0 Å². The largest absolute Gasteiger partial charge is 0.334 e. The summed E-state index contributed by atoms with van der Waals surface area (Å²) >= 11 is 0. The molecule has 0 N–H and O–H groups in total. The van der Waals surface area contributed by atoms with Gasteiger partial charge in [-0.25, -0.2) is 16.8 Å². The van der Waals surface area contributed by atoms with E-state index in [2.05, 4.69) is 0 Å². The number of hydrogen-bond donors (Lipinski definition) is 0. The highest BCUT2D eigenvalue weighted by atomic mass is 32.2. The second-order valence-corrected chi connectivity index (χ2v) is 11.8. The molecule has 5 rings (SSSR count). The number of rotatable bonds is 4. The lowest BCUT2D eigenvalue weighted by molar-refractivity contribution is -0.132. The van der Waals surface area contributed by atoms with Crippen molar-refractivity contribution in [1.29, 1.82) is 0 Å². The first-order valence-electron chi connectivity index (χ1n) is 9.34. The molecule has 0 bridgehead atoms. The molecule has 2 aromatic carbocycles. The molecule has 2 heterocycles. The Morgan fingerprint density at radius 1 is 1.00 bits per heavy atom. The number of hydrogen-bond acceptors (Lipinski definition) is 5. The minimum atomic E-state index is -3.81. The van der Waals surface area contributed by atoms with Crippen LogP contribution in [0.15, 0.2) is 41.3 Å². The van der Waals surface area contributed by atoms with Gasteiger partial charge in [-0.05, 0) is 36.8 Å². The Balaban J connectivity index is 1.49. The van der Waals surface area contributed by atoms with E-state index in [1.807, 2.05) is 12.1 Å². The summed E-state index contributed by atoms with van der Waals surface area (Å²) in [6.45, 7) is -0.302. The molecule has 1 saturated heterocycles. The molecule has 9 heteroatoms. The second-order valence-electron chi connectivity index (χ2n) is 7.73. The Labute approximate surface area is 163 Å². The second kappa shape index (κ2) is 5.93. The normalized spacial score (nSPS) is 24.6. The van der Waals surface area contributed by atoms with Gasteiger partial charge in [-0.15, -0.1) is 0 Å². The lowest BCUT2D eigenvalue weighted by atomic mass is 10.1. The first-order chi connectivity index (χ1) is 13.3. The topological polar surface area (TPSA) is 91.8 Å². The van der Waals surface area contributed by atoms with Crippen LogP contribution < -0.4 is 4.31 Å². The van der Waals surface area contributed by atoms with Crippen molar-refractivity contribution in [3.05, 3.63) is 36.4 Å². The Kier molecular flexibility index (Phi) is 3.80. The number of nitrogens with zero attached hydrogens (tertiary/aromatic N) is 2. The molecule has 2 fully saturated rings. The van der Waals surface area contributed by atoms with Gasteiger partial charge in [0, 0.05) is 17.5 Å². The fourth-order valence-corrected chi connectivity index (χ4v) is 7.76. The van der Waals surface area contributed by atoms with Crippen LogP contribution in [0.5, 0.6) is 0 Å². The summed E-state index contributed by atoms with van der Waals surface area (Å²) in [6.07, 6.45) is 2.10. The van der Waals surface area contributed by atoms with Crippen LogP contribution in [0.25, 0.3) is 10.8 Å². The van der Waals surface area contributed by atoms with Crippen molar-refractivity contribution in [3.8, 4) is 0 Å². The SMILES string of the molecule is O=C(CN1c2cccc3cccc(c23)S1(=O)=O)N(C1CC1)[C@H]1CCS(=O)(=O)C1. The maximum Gasteiger partial charge on any atom is 0.265 e. The smallest absolute Gasteiger partial charge is 0.265 e. The average Bonchev–Trinajstić information content (AvgIpc) is 3.37. The molecule has 1 saturated carbocycles. The van der Waals surface area contributed by atoms with E-state index in [1.165, 1.54) is 4.31 Å². The van der Waals surface area contributed by atoms with Gasteiger partial charge < -0.3 is 4.90 Å². The van der Waals surface area contributed by atoms with Crippen molar-refractivity contribution >= 4 is 42.2 Å². The van der Waals surface area contributed by atoms with Crippen LogP contribution in [0.4, 0.5) is 5.69 Å². The van der Waals surface area contributed by atoms with Gasteiger partial charge in [0.15, 0.2) is 9.84 Å². The molecule has 3 aliphatic rings. The molecule has 0 unspecified atom stereocenters. The molecule has 0 spiro atoms. The maximum atomic E-state index is 13.2. The number of amides is 1. The molecule has 1 atom stereocenters. The van der Waals surface area contributed by atoms with E-state index in [1.54, 1.807) is 29.2 Å². The van der Waals surface area contributed by atoms with Gasteiger partial charge in [-0.1, -0.05) is 24.3 Å². The Morgan fingerprint density at radius 3 is 2.36 bits per heavy atom. The Morgan fingerprint density at radius 2 is 1.71 bits per heavy atom. The maximum absolute atomic E-state index is 13.2. The minimum absolute atomic E-state index is 0.0225. The zero-order chi connectivity index (χ0) is 19.7. The number of anilines is 1. The van der Waals surface area contributed by atoms with Gasteiger partial charge in [0.1, 0.15) is 6.54 Å². The van der Waals surface area contributed by atoms with Gasteiger partial charge in [-0.2, -0.15) is 0 Å². The van der Waals surface area contributed by atoms with E-state index in [0.29, 0.717) is 17.5 Å². The standard InChI is InChI=1S/C19H20N2O5S2/c22-18(21(14-7-8-14)15-9-10-27(23,24)12-15)11-20-16-5-1-3-13-4-2-6-17(19(13)16)28(20,25)26/h1-6,14-15H,7-12H2/t15-/m0/s1. The van der Waals surface area contributed by atoms with Gasteiger partial charge in [0.25, 0.3) is 10.0 Å². The first kappa shape index (κ1) is 17.9. The van der Waals surface area contributed by atoms with E-state index in [9.17, 15) is 21.6 Å². The fourth-order valence-electron chi connectivity index (χ4n) is 4.39. The summed E-state index contributed by atoms with van der Waals surface area (Å²) in [5, 5.41) is 1.45. The van der Waals surface area contributed by atoms with E-state index in [0.717, 1.165) is 18.2 Å². The van der Waals surface area contributed by atoms with Crippen molar-refractivity contribution in [3.63, 3.8) is 0 Å². The van der Waals surface area contributed by atoms with E-state index in [4.69, 9.17) is 0 Å². The molecule has 1 amide bonds. The van der Waals surface area contributed by atoms with E-state index in [-0.39, 0.29) is 40.9 Å². The van der Waals surface area contributed by atoms with Crippen LogP contribution in [0.2, 0.25) is 0 Å². The third-order valence-corrected chi connectivity index (χ3v) is 9.34. The number of sulfone groups is 1. The number of sulfonamides is 1. The van der Waals surface area contributed by atoms with Crippen LogP contribution in [-0.2, 0) is 24.7 Å². The molecular formula is C19H20N2O5S2. The zero-order valence-corrected chi connectivity index (χ0v) is 16.7. The van der Waals surface area contributed by atoms with Gasteiger partial charge >= 0.3 is 0 Å². The van der Waals surface area contributed by atoms with Crippen LogP contribution in [0.1, 0.15) is 19.3 Å². The van der Waals surface area contributed by atoms with Crippen molar-refractivity contribution in [1.82, 2.24) is 4.90 Å². The first-order valence-corrected chi connectivity index (χ1v) is 12.6. The summed E-state index contributed by atoms with van der Waals surface area (Å²) in [5.74, 6) is -0.267. The Hall–Kier alpha value is -2.13. The Bertz CT molecular complexity index is 1200. The lowest BCUT2D eigenvalue weighted by Gasteiger charge is -2.30. The van der Waals surface area contributed by atoms with Gasteiger partial charge in [0.05, 0.1) is 22.1 Å². The highest BCUT2D eigenvalue weighted by molar-refractivity contribution is 7.93. The third kappa shape index (κ3) is 2.71. The third-order valence-electron chi connectivity index (χ3n) is 5.79. The summed E-state index contributed by atoms with van der Waals surface area (Å²) < 4.78 is 51.1. The van der Waals surface area contributed by atoms with Gasteiger partial charge in [-0.3, -0.25) is 9.10 Å². The molecule has 2 aliphatic heterocycles. The monoisotopic (exact) mass is 420 g/mol. The predicted molar refractivity (Wildman–Crippen MR) is 105 cm³/mol. The number of carbonyl (C=O) groups is 1.